The van der Waals surface area contributed by atoms with Gasteiger partial charge in [-0.15, -0.1) is 0 Å². The molecular weight excluding hydrogens is 226 g/mol. The molecular formula is C15H17NO2. The number of methoxy groups -OCH3 is 1. The third-order valence-electron chi connectivity index (χ3n) is 3.67. The molecule has 0 atom stereocenters. The Kier molecular flexibility index (Phi) is 2.62. The van der Waals surface area contributed by atoms with Crippen molar-refractivity contribution in [2.24, 2.45) is 5.92 Å². The van der Waals surface area contributed by atoms with Crippen LogP contribution in [-0.2, 0) is 11.3 Å². The number of esters is 1. The highest BCUT2D eigenvalue weighted by atomic mass is 16.5. The van der Waals surface area contributed by atoms with Gasteiger partial charge in [0.2, 0.25) is 0 Å². The van der Waals surface area contributed by atoms with Gasteiger partial charge >= 0.3 is 5.97 Å². The first-order chi connectivity index (χ1) is 8.69. The molecule has 0 saturated heterocycles. The van der Waals surface area contributed by atoms with Crippen LogP contribution in [0.5, 0.6) is 0 Å². The Morgan fingerprint density at radius 3 is 2.83 bits per heavy atom. The van der Waals surface area contributed by atoms with Crippen molar-refractivity contribution < 1.29 is 9.53 Å². The van der Waals surface area contributed by atoms with E-state index in [1.165, 1.54) is 31.0 Å². The number of aryl methyl sites for hydroxylation is 1. The number of benzene rings is 1. The van der Waals surface area contributed by atoms with E-state index in [9.17, 15) is 4.79 Å². The molecule has 0 amide bonds. The van der Waals surface area contributed by atoms with Gasteiger partial charge in [0.05, 0.1) is 12.7 Å². The minimum Gasteiger partial charge on any atom is -0.465 e. The van der Waals surface area contributed by atoms with Crippen LogP contribution in [0.15, 0.2) is 24.3 Å². The van der Waals surface area contributed by atoms with Crippen molar-refractivity contribution in [2.45, 2.75) is 26.3 Å². The number of ether oxygens (including phenoxy) is 1. The molecule has 3 heteroatoms. The third kappa shape index (κ3) is 1.90. The number of carbonyl (C=O) groups excluding carboxylic acids is 1. The summed E-state index contributed by atoms with van der Waals surface area (Å²) in [5.41, 5.74) is 3.03. The molecule has 1 aliphatic carbocycles. The number of aromatic nitrogens is 1. The Balaban J connectivity index is 2.08. The van der Waals surface area contributed by atoms with Gasteiger partial charge in [-0.05, 0) is 49.3 Å². The van der Waals surface area contributed by atoms with Crippen molar-refractivity contribution >= 4 is 16.9 Å². The fourth-order valence-electron chi connectivity index (χ4n) is 2.44. The molecule has 1 fully saturated rings. The van der Waals surface area contributed by atoms with E-state index >= 15 is 0 Å². The number of carbonyl (C=O) groups is 1. The first-order valence-corrected chi connectivity index (χ1v) is 6.37. The predicted octanol–water partition coefficient (Wildman–Crippen LogP) is 3.15. The third-order valence-corrected chi connectivity index (χ3v) is 3.67. The monoisotopic (exact) mass is 243 g/mol. The lowest BCUT2D eigenvalue weighted by molar-refractivity contribution is 0.0601. The molecule has 3 rings (SSSR count). The topological polar surface area (TPSA) is 31.2 Å². The molecule has 1 saturated carbocycles. The van der Waals surface area contributed by atoms with Crippen molar-refractivity contribution in [3.05, 3.63) is 35.5 Å². The van der Waals surface area contributed by atoms with Gasteiger partial charge < -0.3 is 9.30 Å². The maximum Gasteiger partial charge on any atom is 0.337 e. The molecule has 1 aliphatic rings. The number of hydrogen-bond donors (Lipinski definition) is 0. The Labute approximate surface area is 106 Å². The fraction of sp³-hybridized carbons (Fsp3) is 0.400. The summed E-state index contributed by atoms with van der Waals surface area (Å²) in [4.78, 5) is 11.6. The number of rotatable bonds is 3. The van der Waals surface area contributed by atoms with E-state index in [-0.39, 0.29) is 5.97 Å². The van der Waals surface area contributed by atoms with Crippen LogP contribution in [0.1, 0.15) is 28.9 Å². The van der Waals surface area contributed by atoms with Gasteiger partial charge in [0.1, 0.15) is 0 Å². The van der Waals surface area contributed by atoms with E-state index in [1.54, 1.807) is 0 Å². The minimum absolute atomic E-state index is 0.270. The highest BCUT2D eigenvalue weighted by molar-refractivity contribution is 5.94. The van der Waals surface area contributed by atoms with Crippen molar-refractivity contribution in [3.8, 4) is 0 Å². The second-order valence-electron chi connectivity index (χ2n) is 5.10. The lowest BCUT2D eigenvalue weighted by Crippen LogP contribution is -2.04. The van der Waals surface area contributed by atoms with Crippen molar-refractivity contribution in [1.29, 1.82) is 0 Å². The van der Waals surface area contributed by atoms with Gasteiger partial charge in [0.25, 0.3) is 0 Å². The van der Waals surface area contributed by atoms with Gasteiger partial charge in [-0.3, -0.25) is 0 Å². The quantitative estimate of drug-likeness (QED) is 0.775. The van der Waals surface area contributed by atoms with Crippen LogP contribution >= 0.6 is 0 Å². The van der Waals surface area contributed by atoms with Crippen LogP contribution < -0.4 is 0 Å². The molecule has 2 aromatic rings. The van der Waals surface area contributed by atoms with Gasteiger partial charge in [-0.2, -0.15) is 0 Å². The van der Waals surface area contributed by atoms with Crippen LogP contribution in [0.3, 0.4) is 0 Å². The van der Waals surface area contributed by atoms with Crippen molar-refractivity contribution in [3.63, 3.8) is 0 Å². The van der Waals surface area contributed by atoms with Crippen LogP contribution in [0.2, 0.25) is 0 Å². The summed E-state index contributed by atoms with van der Waals surface area (Å²) in [7, 11) is 1.42. The average molecular weight is 243 g/mol. The van der Waals surface area contributed by atoms with Gasteiger partial charge in [-0.1, -0.05) is 6.07 Å². The van der Waals surface area contributed by atoms with Crippen LogP contribution in [-0.4, -0.2) is 17.6 Å². The highest BCUT2D eigenvalue weighted by Gasteiger charge is 2.23. The molecule has 0 bridgehead atoms. The normalized spacial score (nSPS) is 15.0. The molecule has 0 aliphatic heterocycles. The van der Waals surface area contributed by atoms with E-state index in [0.717, 1.165) is 18.0 Å². The Bertz CT molecular complexity index is 608. The van der Waals surface area contributed by atoms with Crippen LogP contribution in [0, 0.1) is 12.8 Å². The summed E-state index contributed by atoms with van der Waals surface area (Å²) in [6.07, 6.45) is 2.66. The summed E-state index contributed by atoms with van der Waals surface area (Å²) in [6.45, 7) is 3.19. The SMILES string of the molecule is COC(=O)c1ccc2cc(C)n(CC3CC3)c2c1. The lowest BCUT2D eigenvalue weighted by atomic mass is 10.1. The zero-order chi connectivity index (χ0) is 12.7. The summed E-state index contributed by atoms with van der Waals surface area (Å²) >= 11 is 0. The van der Waals surface area contributed by atoms with Crippen LogP contribution in [0.4, 0.5) is 0 Å². The average Bonchev–Trinajstić information content (AvgIpc) is 3.14. The van der Waals surface area contributed by atoms with E-state index in [2.05, 4.69) is 17.6 Å². The van der Waals surface area contributed by atoms with Gasteiger partial charge in [0.15, 0.2) is 0 Å². The largest absolute Gasteiger partial charge is 0.465 e. The summed E-state index contributed by atoms with van der Waals surface area (Å²) in [6, 6.07) is 7.95. The molecule has 1 aromatic heterocycles. The Hall–Kier alpha value is -1.77. The Morgan fingerprint density at radius 2 is 2.17 bits per heavy atom. The molecule has 1 heterocycles. The molecule has 0 unspecified atom stereocenters. The summed E-state index contributed by atoms with van der Waals surface area (Å²) < 4.78 is 7.10. The van der Waals surface area contributed by atoms with Crippen molar-refractivity contribution in [2.75, 3.05) is 7.11 Å². The number of hydrogen-bond acceptors (Lipinski definition) is 2. The first kappa shape index (κ1) is 11.3. The van der Waals surface area contributed by atoms with Crippen LogP contribution in [0.25, 0.3) is 10.9 Å². The standard InChI is InChI=1S/C15H17NO2/c1-10-7-12-5-6-13(15(17)18-2)8-14(12)16(10)9-11-3-4-11/h5-8,11H,3-4,9H2,1-2H3. The lowest BCUT2D eigenvalue weighted by Gasteiger charge is -2.07. The van der Waals surface area contributed by atoms with Gasteiger partial charge in [0, 0.05) is 17.8 Å². The number of fused-ring (bicyclic) bond motifs is 1. The molecule has 18 heavy (non-hydrogen) atoms. The number of nitrogens with zero attached hydrogens (tertiary/aromatic N) is 1. The van der Waals surface area contributed by atoms with Crippen molar-refractivity contribution in [1.82, 2.24) is 4.57 Å². The maximum absolute atomic E-state index is 11.6. The molecule has 0 spiro atoms. The first-order valence-electron chi connectivity index (χ1n) is 6.37. The summed E-state index contributed by atoms with van der Waals surface area (Å²) in [5, 5.41) is 1.20. The minimum atomic E-state index is -0.270. The second kappa shape index (κ2) is 4.16. The zero-order valence-corrected chi connectivity index (χ0v) is 10.8. The predicted molar refractivity (Wildman–Crippen MR) is 70.7 cm³/mol. The van der Waals surface area contributed by atoms with E-state index < -0.39 is 0 Å². The molecule has 94 valence electrons. The molecule has 1 aromatic carbocycles. The zero-order valence-electron chi connectivity index (χ0n) is 10.8. The smallest absolute Gasteiger partial charge is 0.337 e. The maximum atomic E-state index is 11.6. The Morgan fingerprint density at radius 1 is 1.39 bits per heavy atom. The molecule has 0 radical (unpaired) electrons. The highest BCUT2D eigenvalue weighted by Crippen LogP contribution is 2.33. The van der Waals surface area contributed by atoms with E-state index in [1.807, 2.05) is 18.2 Å². The molecule has 0 N–H and O–H groups in total. The summed E-state index contributed by atoms with van der Waals surface area (Å²) in [5.74, 6) is 0.551. The molecule has 3 nitrogen and oxygen atoms in total. The second-order valence-corrected chi connectivity index (χ2v) is 5.10. The van der Waals surface area contributed by atoms with Gasteiger partial charge in [-0.25, -0.2) is 4.79 Å². The van der Waals surface area contributed by atoms with E-state index in [4.69, 9.17) is 4.74 Å². The fourth-order valence-corrected chi connectivity index (χ4v) is 2.44. The van der Waals surface area contributed by atoms with E-state index in [0.29, 0.717) is 5.56 Å².